The minimum atomic E-state index is 0. The summed E-state index contributed by atoms with van der Waals surface area (Å²) in [6.45, 7) is 3.69. The second-order valence-corrected chi connectivity index (χ2v) is 5.39. The van der Waals surface area contributed by atoms with Crippen molar-refractivity contribution in [2.75, 3.05) is 6.61 Å². The van der Waals surface area contributed by atoms with Crippen molar-refractivity contribution in [3.8, 4) is 0 Å². The van der Waals surface area contributed by atoms with E-state index in [1.54, 1.807) is 0 Å². The Morgan fingerprint density at radius 3 is 2.20 bits per heavy atom. The zero-order valence-corrected chi connectivity index (χ0v) is 14.4. The number of aromatic nitrogens is 1. The predicted octanol–water partition coefficient (Wildman–Crippen LogP) is 0.654. The molecule has 0 saturated carbocycles. The Labute approximate surface area is 135 Å². The molecule has 0 fully saturated rings. The fourth-order valence-electron chi connectivity index (χ4n) is 2.32. The van der Waals surface area contributed by atoms with Crippen molar-refractivity contribution in [1.82, 2.24) is 0 Å². The Kier molecular flexibility index (Phi) is 13.3. The topological polar surface area (TPSA) is 24.1 Å². The Balaban J connectivity index is 0.00000361. The van der Waals surface area contributed by atoms with Crippen LogP contribution in [0.2, 0.25) is 0 Å². The number of pyridine rings is 1. The third-order valence-corrected chi connectivity index (χ3v) is 3.60. The molecule has 0 unspecified atom stereocenters. The van der Waals surface area contributed by atoms with Crippen molar-refractivity contribution in [3.05, 3.63) is 30.1 Å². The number of aliphatic hydroxyl groups is 1. The molecule has 0 aliphatic carbocycles. The van der Waals surface area contributed by atoms with Gasteiger partial charge in [0.25, 0.3) is 0 Å². The molecule has 0 aliphatic rings. The second-order valence-electron chi connectivity index (χ2n) is 5.39. The molecular weight excluding hydrogens is 314 g/mol. The number of unbranched alkanes of at least 4 members (excludes halogenated alkanes) is 6. The number of hydrogen-bond acceptors (Lipinski definition) is 1. The lowest BCUT2D eigenvalue weighted by Crippen LogP contribution is -3.00. The van der Waals surface area contributed by atoms with Gasteiger partial charge < -0.3 is 22.1 Å². The largest absolute Gasteiger partial charge is 1.00 e. The van der Waals surface area contributed by atoms with Crippen LogP contribution in [0.3, 0.4) is 0 Å². The molecule has 0 saturated heterocycles. The molecule has 0 spiro atoms. The summed E-state index contributed by atoms with van der Waals surface area (Å²) in [6.07, 6.45) is 15.5. The van der Waals surface area contributed by atoms with Gasteiger partial charge in [0.15, 0.2) is 12.4 Å². The predicted molar refractivity (Wildman–Crippen MR) is 80.0 cm³/mol. The molecule has 0 radical (unpaired) electrons. The zero-order valence-electron chi connectivity index (χ0n) is 12.9. The van der Waals surface area contributed by atoms with E-state index in [2.05, 4.69) is 36.0 Å². The van der Waals surface area contributed by atoms with E-state index in [-0.39, 0.29) is 17.0 Å². The number of halogens is 1. The summed E-state index contributed by atoms with van der Waals surface area (Å²) in [4.78, 5) is 0. The normalized spacial score (nSPS) is 10.3. The summed E-state index contributed by atoms with van der Waals surface area (Å²) in [5.74, 6) is 0. The van der Waals surface area contributed by atoms with E-state index in [1.807, 2.05) is 0 Å². The van der Waals surface area contributed by atoms with Gasteiger partial charge in [-0.05, 0) is 31.2 Å². The first-order chi connectivity index (χ1) is 9.36. The van der Waals surface area contributed by atoms with Gasteiger partial charge in [0.05, 0.1) is 0 Å². The Hall–Kier alpha value is -0.410. The van der Waals surface area contributed by atoms with Crippen LogP contribution in [-0.4, -0.2) is 11.7 Å². The monoisotopic (exact) mass is 343 g/mol. The van der Waals surface area contributed by atoms with Crippen LogP contribution in [0.1, 0.15) is 63.9 Å². The first kappa shape index (κ1) is 19.6. The van der Waals surface area contributed by atoms with Gasteiger partial charge in [0, 0.05) is 25.2 Å². The fraction of sp³-hybridized carbons (Fsp3) is 0.706. The number of aryl methyl sites for hydroxylation is 2. The molecule has 0 aromatic carbocycles. The molecule has 0 atom stereocenters. The van der Waals surface area contributed by atoms with Gasteiger partial charge in [0.2, 0.25) is 0 Å². The number of rotatable bonds is 11. The van der Waals surface area contributed by atoms with Crippen molar-refractivity contribution >= 4 is 0 Å². The zero-order chi connectivity index (χ0) is 13.8. The minimum absolute atomic E-state index is 0. The maximum atomic E-state index is 8.71. The maximum absolute atomic E-state index is 8.71. The van der Waals surface area contributed by atoms with E-state index in [1.165, 1.54) is 50.5 Å². The molecule has 20 heavy (non-hydrogen) atoms. The third-order valence-electron chi connectivity index (χ3n) is 3.60. The highest BCUT2D eigenvalue weighted by molar-refractivity contribution is 5.07. The number of aliphatic hydroxyl groups excluding tert-OH is 1. The summed E-state index contributed by atoms with van der Waals surface area (Å²) in [7, 11) is 0. The van der Waals surface area contributed by atoms with E-state index in [0.717, 1.165) is 19.4 Å². The van der Waals surface area contributed by atoms with E-state index < -0.39 is 0 Å². The summed E-state index contributed by atoms with van der Waals surface area (Å²) in [5, 5.41) is 8.71. The molecule has 116 valence electrons. The van der Waals surface area contributed by atoms with Crippen LogP contribution < -0.4 is 21.5 Å². The van der Waals surface area contributed by atoms with Crippen LogP contribution in [0.5, 0.6) is 0 Å². The summed E-state index contributed by atoms with van der Waals surface area (Å²) in [6, 6.07) is 4.53. The standard InChI is InChI=1S/C17H30NO.BrH/c1-2-3-4-7-10-17-11-14-18(15-12-17)13-8-5-6-9-16-19;/h11-12,14-15,19H,2-10,13,16H2,1H3;1H/q+1;/p-1. The Morgan fingerprint density at radius 1 is 0.900 bits per heavy atom. The SMILES string of the molecule is CCCCCCc1cc[n+](CCCCCCO)cc1.[Br-]. The molecule has 3 heteroatoms. The Bertz CT molecular complexity index is 313. The second kappa shape index (κ2) is 13.6. The molecule has 1 rings (SSSR count). The molecule has 1 aromatic rings. The number of hydrogen-bond donors (Lipinski definition) is 1. The van der Waals surface area contributed by atoms with E-state index in [9.17, 15) is 0 Å². The van der Waals surface area contributed by atoms with Crippen molar-refractivity contribution in [3.63, 3.8) is 0 Å². The van der Waals surface area contributed by atoms with Gasteiger partial charge in [-0.1, -0.05) is 32.6 Å². The van der Waals surface area contributed by atoms with Crippen molar-refractivity contribution < 1.29 is 26.7 Å². The van der Waals surface area contributed by atoms with E-state index >= 15 is 0 Å². The average Bonchev–Trinajstić information content (AvgIpc) is 2.45. The van der Waals surface area contributed by atoms with E-state index in [4.69, 9.17) is 5.11 Å². The lowest BCUT2D eigenvalue weighted by Gasteiger charge is -2.01. The smallest absolute Gasteiger partial charge is 0.169 e. The average molecular weight is 344 g/mol. The molecule has 1 heterocycles. The van der Waals surface area contributed by atoms with Crippen LogP contribution in [0.4, 0.5) is 0 Å². The third kappa shape index (κ3) is 9.49. The fourth-order valence-corrected chi connectivity index (χ4v) is 2.32. The highest BCUT2D eigenvalue weighted by Crippen LogP contribution is 2.06. The number of nitrogens with zero attached hydrogens (tertiary/aromatic N) is 1. The van der Waals surface area contributed by atoms with E-state index in [0.29, 0.717) is 6.61 Å². The molecule has 1 N–H and O–H groups in total. The highest BCUT2D eigenvalue weighted by atomic mass is 79.9. The first-order valence-corrected chi connectivity index (χ1v) is 7.95. The molecule has 0 aliphatic heterocycles. The molecule has 0 bridgehead atoms. The Morgan fingerprint density at radius 2 is 1.55 bits per heavy atom. The molecule has 0 amide bonds. The van der Waals surface area contributed by atoms with Crippen LogP contribution >= 0.6 is 0 Å². The quantitative estimate of drug-likeness (QED) is 0.463. The van der Waals surface area contributed by atoms with Gasteiger partial charge in [-0.15, -0.1) is 0 Å². The molecular formula is C17H30BrNO. The van der Waals surface area contributed by atoms with Crippen LogP contribution in [0, 0.1) is 0 Å². The van der Waals surface area contributed by atoms with Crippen LogP contribution in [0.15, 0.2) is 24.5 Å². The van der Waals surface area contributed by atoms with Crippen LogP contribution in [-0.2, 0) is 13.0 Å². The van der Waals surface area contributed by atoms with Gasteiger partial charge >= 0.3 is 0 Å². The van der Waals surface area contributed by atoms with Gasteiger partial charge in [0.1, 0.15) is 6.54 Å². The van der Waals surface area contributed by atoms with Gasteiger partial charge in [-0.3, -0.25) is 0 Å². The van der Waals surface area contributed by atoms with Crippen LogP contribution in [0.25, 0.3) is 0 Å². The minimum Gasteiger partial charge on any atom is -1.00 e. The lowest BCUT2D eigenvalue weighted by molar-refractivity contribution is -0.697. The first-order valence-electron chi connectivity index (χ1n) is 7.95. The summed E-state index contributed by atoms with van der Waals surface area (Å²) < 4.78 is 2.27. The van der Waals surface area contributed by atoms with Gasteiger partial charge in [-0.2, -0.15) is 0 Å². The summed E-state index contributed by atoms with van der Waals surface area (Å²) in [5.41, 5.74) is 1.47. The van der Waals surface area contributed by atoms with Gasteiger partial charge in [-0.25, -0.2) is 4.57 Å². The molecule has 1 aromatic heterocycles. The summed E-state index contributed by atoms with van der Waals surface area (Å²) >= 11 is 0. The highest BCUT2D eigenvalue weighted by Gasteiger charge is 2.01. The van der Waals surface area contributed by atoms with Crippen molar-refractivity contribution in [2.24, 2.45) is 0 Å². The lowest BCUT2D eigenvalue weighted by atomic mass is 10.1. The van der Waals surface area contributed by atoms with Crippen molar-refractivity contribution in [1.29, 1.82) is 0 Å². The molecule has 2 nitrogen and oxygen atoms in total. The van der Waals surface area contributed by atoms with Crippen molar-refractivity contribution in [2.45, 2.75) is 71.3 Å². The maximum Gasteiger partial charge on any atom is 0.169 e.